The van der Waals surface area contributed by atoms with E-state index >= 15 is 0 Å². The maximum atomic E-state index is 10.9. The molecular formula is C10H14N2O2. The molecule has 4 nitrogen and oxygen atoms in total. The lowest BCUT2D eigenvalue weighted by atomic mass is 10.2. The summed E-state index contributed by atoms with van der Waals surface area (Å²) in [5, 5.41) is 13.2. The average Bonchev–Trinajstić information content (AvgIpc) is 2.81. The summed E-state index contributed by atoms with van der Waals surface area (Å²) in [6.07, 6.45) is 2.50. The second-order valence-corrected chi connectivity index (χ2v) is 3.98. The number of carboxylic acid groups (broad SMARTS) is 1. The van der Waals surface area contributed by atoms with Gasteiger partial charge in [-0.1, -0.05) is 0 Å². The van der Waals surface area contributed by atoms with Gasteiger partial charge in [0.2, 0.25) is 0 Å². The van der Waals surface area contributed by atoms with E-state index in [1.165, 1.54) is 12.8 Å². The van der Waals surface area contributed by atoms with Gasteiger partial charge in [0, 0.05) is 6.54 Å². The average molecular weight is 194 g/mol. The summed E-state index contributed by atoms with van der Waals surface area (Å²) < 4.78 is 1.83. The summed E-state index contributed by atoms with van der Waals surface area (Å²) in [5.41, 5.74) is 1.77. The van der Waals surface area contributed by atoms with Crippen molar-refractivity contribution in [2.75, 3.05) is 0 Å². The molecule has 0 saturated heterocycles. The zero-order valence-corrected chi connectivity index (χ0v) is 8.45. The minimum atomic E-state index is -0.873. The normalized spacial score (nSPS) is 15.9. The molecule has 0 aliphatic heterocycles. The molecule has 0 spiro atoms. The van der Waals surface area contributed by atoms with Gasteiger partial charge < -0.3 is 5.11 Å². The highest BCUT2D eigenvalue weighted by molar-refractivity contribution is 5.90. The zero-order chi connectivity index (χ0) is 10.3. The molecule has 76 valence electrons. The molecule has 1 heterocycles. The molecule has 1 aromatic rings. The molecule has 4 heteroatoms. The van der Waals surface area contributed by atoms with Crippen LogP contribution < -0.4 is 0 Å². The number of carbonyl (C=O) groups is 1. The van der Waals surface area contributed by atoms with E-state index in [2.05, 4.69) is 5.10 Å². The van der Waals surface area contributed by atoms with Gasteiger partial charge in [-0.2, -0.15) is 5.10 Å². The molecule has 2 rings (SSSR count). The summed E-state index contributed by atoms with van der Waals surface area (Å²) in [7, 11) is 0. The molecule has 1 aliphatic carbocycles. The van der Waals surface area contributed by atoms with Crippen molar-refractivity contribution >= 4 is 5.97 Å². The number of aromatic nitrogens is 2. The fourth-order valence-electron chi connectivity index (χ4n) is 1.73. The molecule has 1 N–H and O–H groups in total. The second-order valence-electron chi connectivity index (χ2n) is 3.98. The maximum Gasteiger partial charge on any atom is 0.339 e. The Bertz CT molecular complexity index is 378. The van der Waals surface area contributed by atoms with Gasteiger partial charge in [-0.15, -0.1) is 0 Å². The molecule has 0 atom stereocenters. The highest BCUT2D eigenvalue weighted by atomic mass is 16.4. The fourth-order valence-corrected chi connectivity index (χ4v) is 1.73. The van der Waals surface area contributed by atoms with Crippen LogP contribution in [0.1, 0.15) is 34.6 Å². The van der Waals surface area contributed by atoms with Crippen LogP contribution >= 0.6 is 0 Å². The van der Waals surface area contributed by atoms with Crippen LogP contribution in [0.2, 0.25) is 0 Å². The van der Waals surface area contributed by atoms with E-state index in [9.17, 15) is 4.79 Å². The maximum absolute atomic E-state index is 10.9. The Kier molecular flexibility index (Phi) is 2.06. The monoisotopic (exact) mass is 194 g/mol. The number of hydrogen-bond donors (Lipinski definition) is 1. The number of aryl methyl sites for hydroxylation is 1. The molecule has 0 aromatic carbocycles. The first-order valence-electron chi connectivity index (χ1n) is 4.87. The van der Waals surface area contributed by atoms with Crippen LogP contribution in [0.15, 0.2) is 0 Å². The van der Waals surface area contributed by atoms with Crippen molar-refractivity contribution in [1.82, 2.24) is 9.78 Å². The van der Waals surface area contributed by atoms with E-state index in [1.54, 1.807) is 6.92 Å². The van der Waals surface area contributed by atoms with Crippen molar-refractivity contribution in [3.05, 3.63) is 17.0 Å². The SMILES string of the molecule is Cc1nn(CC2CC2)c(C)c1C(=O)O. The number of hydrogen-bond acceptors (Lipinski definition) is 2. The van der Waals surface area contributed by atoms with Crippen LogP contribution in [-0.2, 0) is 6.54 Å². The highest BCUT2D eigenvalue weighted by Crippen LogP contribution is 2.31. The minimum Gasteiger partial charge on any atom is -0.478 e. The van der Waals surface area contributed by atoms with Crippen LogP contribution in [0.4, 0.5) is 0 Å². The second kappa shape index (κ2) is 3.12. The Hall–Kier alpha value is -1.32. The van der Waals surface area contributed by atoms with E-state index < -0.39 is 5.97 Å². The number of nitrogens with zero attached hydrogens (tertiary/aromatic N) is 2. The van der Waals surface area contributed by atoms with Gasteiger partial charge in [0.05, 0.1) is 11.4 Å². The molecule has 1 aromatic heterocycles. The summed E-state index contributed by atoms with van der Waals surface area (Å²) in [5.74, 6) is -0.156. The Morgan fingerprint density at radius 3 is 2.64 bits per heavy atom. The van der Waals surface area contributed by atoms with Crippen molar-refractivity contribution < 1.29 is 9.90 Å². The summed E-state index contributed by atoms with van der Waals surface area (Å²) >= 11 is 0. The number of aromatic carboxylic acids is 1. The van der Waals surface area contributed by atoms with Gasteiger partial charge in [0.25, 0.3) is 0 Å². The Labute approximate surface area is 82.5 Å². The zero-order valence-electron chi connectivity index (χ0n) is 8.45. The van der Waals surface area contributed by atoms with Gasteiger partial charge in [-0.25, -0.2) is 4.79 Å². The van der Waals surface area contributed by atoms with Crippen LogP contribution in [0.25, 0.3) is 0 Å². The molecule has 0 bridgehead atoms. The minimum absolute atomic E-state index is 0.366. The van der Waals surface area contributed by atoms with Gasteiger partial charge >= 0.3 is 5.97 Å². The third kappa shape index (κ3) is 1.52. The predicted octanol–water partition coefficient (Wildman–Crippen LogP) is 1.61. The third-order valence-electron chi connectivity index (χ3n) is 2.72. The molecule has 0 radical (unpaired) electrons. The van der Waals surface area contributed by atoms with Crippen molar-refractivity contribution in [3.8, 4) is 0 Å². The standard InChI is InChI=1S/C10H14N2O2/c1-6-9(10(13)14)7(2)12(11-6)5-8-3-4-8/h8H,3-5H2,1-2H3,(H,13,14). The Balaban J connectivity index is 2.32. The van der Waals surface area contributed by atoms with Crippen LogP contribution in [-0.4, -0.2) is 20.9 Å². The molecule has 0 amide bonds. The van der Waals surface area contributed by atoms with E-state index in [-0.39, 0.29) is 0 Å². The first kappa shape index (κ1) is 9.24. The molecule has 14 heavy (non-hydrogen) atoms. The quantitative estimate of drug-likeness (QED) is 0.795. The largest absolute Gasteiger partial charge is 0.478 e. The third-order valence-corrected chi connectivity index (χ3v) is 2.72. The molecule has 1 saturated carbocycles. The fraction of sp³-hybridized carbons (Fsp3) is 0.600. The van der Waals surface area contributed by atoms with Crippen LogP contribution in [0, 0.1) is 19.8 Å². The highest BCUT2D eigenvalue weighted by Gasteiger charge is 2.25. The Morgan fingerprint density at radius 2 is 2.21 bits per heavy atom. The van der Waals surface area contributed by atoms with E-state index in [4.69, 9.17) is 5.11 Å². The van der Waals surface area contributed by atoms with Crippen molar-refractivity contribution in [3.63, 3.8) is 0 Å². The summed E-state index contributed by atoms with van der Waals surface area (Å²) in [6.45, 7) is 4.45. The van der Waals surface area contributed by atoms with Gasteiger partial charge in [-0.3, -0.25) is 4.68 Å². The smallest absolute Gasteiger partial charge is 0.339 e. The molecular weight excluding hydrogens is 180 g/mol. The van der Waals surface area contributed by atoms with Crippen molar-refractivity contribution in [2.45, 2.75) is 33.2 Å². The van der Waals surface area contributed by atoms with Gasteiger partial charge in [0.1, 0.15) is 5.56 Å². The Morgan fingerprint density at radius 1 is 1.57 bits per heavy atom. The van der Waals surface area contributed by atoms with Gasteiger partial charge in [0.15, 0.2) is 0 Å². The lowest BCUT2D eigenvalue weighted by Crippen LogP contribution is -2.05. The summed E-state index contributed by atoms with van der Waals surface area (Å²) in [4.78, 5) is 10.9. The first-order chi connectivity index (χ1) is 6.59. The predicted molar refractivity (Wildman–Crippen MR) is 51.4 cm³/mol. The lowest BCUT2D eigenvalue weighted by molar-refractivity contribution is 0.0695. The van der Waals surface area contributed by atoms with Crippen LogP contribution in [0.3, 0.4) is 0 Å². The molecule has 1 aliphatic rings. The van der Waals surface area contributed by atoms with Gasteiger partial charge in [-0.05, 0) is 32.6 Å². The van der Waals surface area contributed by atoms with E-state index in [1.807, 2.05) is 11.6 Å². The topological polar surface area (TPSA) is 55.1 Å². The lowest BCUT2D eigenvalue weighted by Gasteiger charge is -2.01. The van der Waals surface area contributed by atoms with Crippen molar-refractivity contribution in [2.24, 2.45) is 5.92 Å². The van der Waals surface area contributed by atoms with Crippen LogP contribution in [0.5, 0.6) is 0 Å². The van der Waals surface area contributed by atoms with Crippen molar-refractivity contribution in [1.29, 1.82) is 0 Å². The van der Waals surface area contributed by atoms with E-state index in [0.717, 1.165) is 18.2 Å². The molecule has 0 unspecified atom stereocenters. The number of rotatable bonds is 3. The molecule has 1 fully saturated rings. The number of carboxylic acids is 1. The van der Waals surface area contributed by atoms with E-state index in [0.29, 0.717) is 11.3 Å². The first-order valence-corrected chi connectivity index (χ1v) is 4.87. The summed E-state index contributed by atoms with van der Waals surface area (Å²) in [6, 6.07) is 0.